The molecule has 1 fully saturated rings. The first kappa shape index (κ1) is 21.6. The summed E-state index contributed by atoms with van der Waals surface area (Å²) in [6, 6.07) is 8.26. The number of nitrogens with one attached hydrogen (secondary N) is 1. The Morgan fingerprint density at radius 1 is 0.759 bits per heavy atom. The molecule has 2 atom stereocenters. The fraction of sp³-hybridized carbons (Fsp3) is 0.429. The van der Waals surface area contributed by atoms with Crippen molar-refractivity contribution in [2.45, 2.75) is 9.83 Å². The van der Waals surface area contributed by atoms with E-state index in [4.69, 9.17) is 23.7 Å². The number of hydrogen-bond donors (Lipinski definition) is 1. The van der Waals surface area contributed by atoms with Gasteiger partial charge in [-0.25, -0.2) is 0 Å². The molecule has 0 amide bonds. The molecule has 3 rings (SSSR count). The van der Waals surface area contributed by atoms with Gasteiger partial charge in [0.15, 0.2) is 23.0 Å². The highest BCUT2D eigenvalue weighted by Crippen LogP contribution is 2.58. The van der Waals surface area contributed by atoms with E-state index in [0.29, 0.717) is 28.2 Å². The standard InChI is InChI=1S/C21H27NO5S2/c1-22-14-7-13(10-15(23-2)19(14)26-5)21-28-11-18(29-21)12-8-16(24-3)20(27-6)17(9-12)25-4/h7-10,18,21-22H,11H2,1-6H3/t18-,21+/m0/s1. The Morgan fingerprint density at radius 3 is 1.83 bits per heavy atom. The van der Waals surface area contributed by atoms with E-state index in [1.54, 1.807) is 35.5 Å². The minimum absolute atomic E-state index is 0.283. The maximum atomic E-state index is 5.55. The van der Waals surface area contributed by atoms with E-state index in [0.717, 1.165) is 22.8 Å². The second kappa shape index (κ2) is 9.63. The highest BCUT2D eigenvalue weighted by molar-refractivity contribution is 8.19. The smallest absolute Gasteiger partial charge is 0.203 e. The molecule has 2 aromatic carbocycles. The first-order valence-electron chi connectivity index (χ1n) is 9.10. The lowest BCUT2D eigenvalue weighted by Gasteiger charge is -2.18. The molecule has 1 aliphatic rings. The van der Waals surface area contributed by atoms with Gasteiger partial charge in [0.1, 0.15) is 0 Å². The molecular formula is C21H27NO5S2. The second-order valence-electron chi connectivity index (χ2n) is 6.30. The van der Waals surface area contributed by atoms with Gasteiger partial charge in [0.25, 0.3) is 0 Å². The Kier molecular flexibility index (Phi) is 7.18. The first-order valence-corrected chi connectivity index (χ1v) is 11.1. The topological polar surface area (TPSA) is 58.2 Å². The maximum Gasteiger partial charge on any atom is 0.203 e. The van der Waals surface area contributed by atoms with Crippen molar-refractivity contribution in [3.05, 3.63) is 35.4 Å². The summed E-state index contributed by atoms with van der Waals surface area (Å²) in [5, 5.41) is 3.51. The number of thioether (sulfide) groups is 2. The lowest BCUT2D eigenvalue weighted by Crippen LogP contribution is -2.00. The van der Waals surface area contributed by atoms with Gasteiger partial charge in [0, 0.05) is 18.1 Å². The van der Waals surface area contributed by atoms with Gasteiger partial charge in [-0.3, -0.25) is 0 Å². The Labute approximate surface area is 180 Å². The van der Waals surface area contributed by atoms with E-state index < -0.39 is 0 Å². The first-order chi connectivity index (χ1) is 14.1. The fourth-order valence-electron chi connectivity index (χ4n) is 3.35. The third kappa shape index (κ3) is 4.28. The minimum Gasteiger partial charge on any atom is -0.493 e. The van der Waals surface area contributed by atoms with Crippen molar-refractivity contribution in [1.29, 1.82) is 0 Å². The van der Waals surface area contributed by atoms with Crippen molar-refractivity contribution in [3.8, 4) is 28.7 Å². The quantitative estimate of drug-likeness (QED) is 0.620. The Morgan fingerprint density at radius 2 is 1.31 bits per heavy atom. The number of benzene rings is 2. The van der Waals surface area contributed by atoms with E-state index >= 15 is 0 Å². The number of methoxy groups -OCH3 is 5. The summed E-state index contributed by atoms with van der Waals surface area (Å²) in [5.41, 5.74) is 3.27. The molecule has 0 saturated carbocycles. The van der Waals surface area contributed by atoms with Crippen LogP contribution >= 0.6 is 23.5 Å². The Bertz CT molecular complexity index is 741. The molecule has 0 radical (unpaired) electrons. The maximum absolute atomic E-state index is 5.55. The molecule has 8 heteroatoms. The van der Waals surface area contributed by atoms with Crippen molar-refractivity contribution in [2.24, 2.45) is 0 Å². The summed E-state index contributed by atoms with van der Waals surface area (Å²) < 4.78 is 27.8. The van der Waals surface area contributed by atoms with Gasteiger partial charge in [0.05, 0.1) is 45.8 Å². The zero-order chi connectivity index (χ0) is 21.0. The molecular weight excluding hydrogens is 410 g/mol. The summed E-state index contributed by atoms with van der Waals surface area (Å²) in [5.74, 6) is 4.40. The average Bonchev–Trinajstić information content (AvgIpc) is 3.27. The molecule has 0 aliphatic carbocycles. The van der Waals surface area contributed by atoms with Gasteiger partial charge < -0.3 is 29.0 Å². The largest absolute Gasteiger partial charge is 0.493 e. The number of hydrogen-bond acceptors (Lipinski definition) is 8. The SMILES string of the molecule is CNc1cc([C@@H]2SC[C@@H](c3cc(OC)c(OC)c(OC)c3)S2)cc(OC)c1OC. The molecule has 0 unspecified atom stereocenters. The molecule has 1 heterocycles. The van der Waals surface area contributed by atoms with E-state index in [9.17, 15) is 0 Å². The molecule has 29 heavy (non-hydrogen) atoms. The highest BCUT2D eigenvalue weighted by Gasteiger charge is 2.31. The van der Waals surface area contributed by atoms with Crippen molar-refractivity contribution in [3.63, 3.8) is 0 Å². The van der Waals surface area contributed by atoms with Crippen LogP contribution in [0.1, 0.15) is 21.0 Å². The molecule has 158 valence electrons. The molecule has 0 bridgehead atoms. The van der Waals surface area contributed by atoms with Crippen LogP contribution in [0.3, 0.4) is 0 Å². The van der Waals surface area contributed by atoms with Crippen molar-refractivity contribution in [1.82, 2.24) is 0 Å². The van der Waals surface area contributed by atoms with Crippen molar-refractivity contribution >= 4 is 29.2 Å². The predicted octanol–water partition coefficient (Wildman–Crippen LogP) is 4.99. The van der Waals surface area contributed by atoms with Crippen LogP contribution < -0.4 is 29.0 Å². The molecule has 1 saturated heterocycles. The summed E-state index contributed by atoms with van der Waals surface area (Å²) in [7, 11) is 10.1. The predicted molar refractivity (Wildman–Crippen MR) is 121 cm³/mol. The monoisotopic (exact) mass is 437 g/mol. The van der Waals surface area contributed by atoms with E-state index in [2.05, 4.69) is 17.4 Å². The summed E-state index contributed by atoms with van der Waals surface area (Å²) in [6.45, 7) is 0. The van der Waals surface area contributed by atoms with E-state index in [-0.39, 0.29) is 4.58 Å². The molecule has 0 spiro atoms. The van der Waals surface area contributed by atoms with Gasteiger partial charge in [0.2, 0.25) is 5.75 Å². The van der Waals surface area contributed by atoms with E-state index in [1.165, 1.54) is 5.56 Å². The molecule has 0 aromatic heterocycles. The lowest BCUT2D eigenvalue weighted by atomic mass is 10.1. The fourth-order valence-corrected chi connectivity index (χ4v) is 6.60. The average molecular weight is 438 g/mol. The summed E-state index contributed by atoms with van der Waals surface area (Å²) >= 11 is 3.82. The summed E-state index contributed by atoms with van der Waals surface area (Å²) in [6.07, 6.45) is 0. The normalized spacial score (nSPS) is 18.3. The lowest BCUT2D eigenvalue weighted by molar-refractivity contribution is 0.324. The van der Waals surface area contributed by atoms with Gasteiger partial charge in [-0.15, -0.1) is 23.5 Å². The molecule has 6 nitrogen and oxygen atoms in total. The zero-order valence-electron chi connectivity index (χ0n) is 17.5. The van der Waals surface area contributed by atoms with Gasteiger partial charge in [-0.05, 0) is 35.4 Å². The van der Waals surface area contributed by atoms with Crippen LogP contribution in [0.5, 0.6) is 28.7 Å². The van der Waals surface area contributed by atoms with Crippen molar-refractivity contribution < 1.29 is 23.7 Å². The highest BCUT2D eigenvalue weighted by atomic mass is 32.2. The Hall–Kier alpha value is -2.06. The number of ether oxygens (including phenoxy) is 5. The zero-order valence-corrected chi connectivity index (χ0v) is 19.2. The van der Waals surface area contributed by atoms with Crippen LogP contribution in [0.4, 0.5) is 5.69 Å². The van der Waals surface area contributed by atoms with Crippen LogP contribution in [0.15, 0.2) is 24.3 Å². The minimum atomic E-state index is 0.283. The van der Waals surface area contributed by atoms with Crippen LogP contribution in [-0.2, 0) is 0 Å². The van der Waals surface area contributed by atoms with Crippen LogP contribution in [0.2, 0.25) is 0 Å². The van der Waals surface area contributed by atoms with Gasteiger partial charge in [-0.2, -0.15) is 0 Å². The second-order valence-corrected chi connectivity index (χ2v) is 9.05. The molecule has 1 N–H and O–H groups in total. The van der Waals surface area contributed by atoms with E-state index in [1.807, 2.05) is 42.7 Å². The van der Waals surface area contributed by atoms with Crippen molar-refractivity contribution in [2.75, 3.05) is 53.7 Å². The molecule has 1 aliphatic heterocycles. The Balaban J connectivity index is 1.89. The van der Waals surface area contributed by atoms with Crippen LogP contribution in [0.25, 0.3) is 0 Å². The third-order valence-electron chi connectivity index (χ3n) is 4.79. The van der Waals surface area contributed by atoms with Crippen LogP contribution in [-0.4, -0.2) is 48.3 Å². The third-order valence-corrected chi connectivity index (χ3v) is 8.13. The number of anilines is 1. The van der Waals surface area contributed by atoms with Gasteiger partial charge >= 0.3 is 0 Å². The van der Waals surface area contributed by atoms with Crippen LogP contribution in [0, 0.1) is 0 Å². The van der Waals surface area contributed by atoms with Gasteiger partial charge in [-0.1, -0.05) is 0 Å². The number of rotatable bonds is 8. The molecule has 2 aromatic rings. The summed E-state index contributed by atoms with van der Waals surface area (Å²) in [4.78, 5) is 0.